The standard InChI is InChI=1S/C27H27BrClN3O4S/c1-15(2)35-26(34)22-16(3)30-27-32(23(22)17-7-9-18(29)10-8-17)24(33)21(37-27)14-19-13-20(28)25(36-19)31-11-5-4-6-12-31/h7-10,13-15,23H,4-6,11-12H2,1-3H3/b21-14+/t23-/m1/s1. The van der Waals surface area contributed by atoms with Gasteiger partial charge < -0.3 is 14.1 Å². The molecule has 0 radical (unpaired) electrons. The molecule has 0 saturated carbocycles. The van der Waals surface area contributed by atoms with Crippen LogP contribution < -0.4 is 19.8 Å². The Hall–Kier alpha value is -2.62. The minimum atomic E-state index is -0.686. The number of piperidine rings is 1. The molecule has 10 heteroatoms. The van der Waals surface area contributed by atoms with Crippen molar-refractivity contribution in [3.05, 3.63) is 82.1 Å². The maximum absolute atomic E-state index is 13.8. The number of furan rings is 1. The summed E-state index contributed by atoms with van der Waals surface area (Å²) < 4.78 is 14.6. The number of hydrogen-bond acceptors (Lipinski definition) is 7. The van der Waals surface area contributed by atoms with E-state index in [9.17, 15) is 9.59 Å². The monoisotopic (exact) mass is 603 g/mol. The van der Waals surface area contributed by atoms with Gasteiger partial charge in [0, 0.05) is 30.3 Å². The Balaban J connectivity index is 1.62. The van der Waals surface area contributed by atoms with Crippen LogP contribution in [0, 0.1) is 0 Å². The molecular weight excluding hydrogens is 578 g/mol. The van der Waals surface area contributed by atoms with Crippen molar-refractivity contribution in [3.63, 3.8) is 0 Å². The topological polar surface area (TPSA) is 77.0 Å². The third kappa shape index (κ3) is 5.22. The number of allylic oxidation sites excluding steroid dienone is 1. The minimum absolute atomic E-state index is 0.252. The molecule has 0 spiro atoms. The lowest BCUT2D eigenvalue weighted by Crippen LogP contribution is -2.40. The maximum Gasteiger partial charge on any atom is 0.338 e. The van der Waals surface area contributed by atoms with Gasteiger partial charge in [-0.2, -0.15) is 0 Å². The fourth-order valence-electron chi connectivity index (χ4n) is 4.71. The largest absolute Gasteiger partial charge is 0.459 e. The van der Waals surface area contributed by atoms with E-state index in [0.717, 1.165) is 41.9 Å². The van der Waals surface area contributed by atoms with Crippen LogP contribution in [0.15, 0.2) is 60.3 Å². The molecule has 2 aliphatic rings. The Morgan fingerprint density at radius 1 is 1.24 bits per heavy atom. The molecule has 0 N–H and O–H groups in total. The van der Waals surface area contributed by atoms with Crippen molar-refractivity contribution in [2.75, 3.05) is 18.0 Å². The van der Waals surface area contributed by atoms with E-state index in [1.807, 2.05) is 18.2 Å². The Kier molecular flexibility index (Phi) is 7.47. The van der Waals surface area contributed by atoms with Gasteiger partial charge in [-0.15, -0.1) is 0 Å². The van der Waals surface area contributed by atoms with Crippen LogP contribution in [0.1, 0.15) is 57.4 Å². The molecule has 5 rings (SSSR count). The molecule has 1 saturated heterocycles. The first-order valence-corrected chi connectivity index (χ1v) is 14.2. The zero-order chi connectivity index (χ0) is 26.3. The van der Waals surface area contributed by atoms with E-state index in [0.29, 0.717) is 31.4 Å². The number of aromatic nitrogens is 1. The van der Waals surface area contributed by atoms with Gasteiger partial charge in [0.15, 0.2) is 4.80 Å². The summed E-state index contributed by atoms with van der Waals surface area (Å²) >= 11 is 11.0. The summed E-state index contributed by atoms with van der Waals surface area (Å²) in [4.78, 5) is 34.3. The molecule has 37 heavy (non-hydrogen) atoms. The third-order valence-corrected chi connectivity index (χ3v) is 8.18. The third-order valence-electron chi connectivity index (χ3n) is 6.37. The number of hydrogen-bond donors (Lipinski definition) is 0. The summed E-state index contributed by atoms with van der Waals surface area (Å²) in [5.74, 6) is 0.870. The Bertz CT molecular complexity index is 1550. The molecule has 0 aliphatic carbocycles. The molecule has 0 bridgehead atoms. The molecule has 4 heterocycles. The van der Waals surface area contributed by atoms with E-state index >= 15 is 0 Å². The van der Waals surface area contributed by atoms with Crippen molar-refractivity contribution in [3.8, 4) is 0 Å². The van der Waals surface area contributed by atoms with Crippen LogP contribution in [-0.2, 0) is 9.53 Å². The van der Waals surface area contributed by atoms with Gasteiger partial charge in [-0.3, -0.25) is 9.36 Å². The zero-order valence-electron chi connectivity index (χ0n) is 20.8. The second-order valence-corrected chi connectivity index (χ2v) is 11.7. The molecule has 7 nitrogen and oxygen atoms in total. The SMILES string of the molecule is CC1=C(C(=O)OC(C)C)[C@@H](c2ccc(Cl)cc2)n2c(s/c(=C/c3cc(Br)c(N4CCCCC4)o3)c2=O)=N1. The molecule has 1 atom stereocenters. The van der Waals surface area contributed by atoms with Gasteiger partial charge in [0.25, 0.3) is 5.56 Å². The average molecular weight is 605 g/mol. The number of anilines is 1. The second kappa shape index (κ2) is 10.6. The average Bonchev–Trinajstić information content (AvgIpc) is 3.37. The van der Waals surface area contributed by atoms with E-state index in [4.69, 9.17) is 20.8 Å². The summed E-state index contributed by atoms with van der Waals surface area (Å²) in [7, 11) is 0. The summed E-state index contributed by atoms with van der Waals surface area (Å²) in [6, 6.07) is 8.33. The molecule has 2 aromatic heterocycles. The summed E-state index contributed by atoms with van der Waals surface area (Å²) in [6.45, 7) is 7.25. The number of ether oxygens (including phenoxy) is 1. The first-order valence-electron chi connectivity index (χ1n) is 12.3. The summed E-state index contributed by atoms with van der Waals surface area (Å²) in [5.41, 5.74) is 1.35. The van der Waals surface area contributed by atoms with Crippen molar-refractivity contribution < 1.29 is 13.9 Å². The Labute approximate surface area is 231 Å². The lowest BCUT2D eigenvalue weighted by molar-refractivity contribution is -0.143. The summed E-state index contributed by atoms with van der Waals surface area (Å²) in [5, 5.41) is 0.566. The van der Waals surface area contributed by atoms with Gasteiger partial charge in [0.1, 0.15) is 5.76 Å². The molecule has 1 fully saturated rings. The van der Waals surface area contributed by atoms with E-state index in [1.54, 1.807) is 43.5 Å². The fourth-order valence-corrected chi connectivity index (χ4v) is 6.42. The molecular formula is C27H27BrClN3O4S. The number of esters is 1. The maximum atomic E-state index is 13.8. The number of carbonyl (C=O) groups is 1. The number of thiazole rings is 1. The van der Waals surface area contributed by atoms with E-state index in [-0.39, 0.29) is 11.7 Å². The van der Waals surface area contributed by atoms with Crippen LogP contribution in [0.4, 0.5) is 5.88 Å². The molecule has 0 amide bonds. The highest BCUT2D eigenvalue weighted by Gasteiger charge is 2.33. The predicted molar refractivity (Wildman–Crippen MR) is 149 cm³/mol. The van der Waals surface area contributed by atoms with Gasteiger partial charge in [-0.05, 0) is 73.7 Å². The van der Waals surface area contributed by atoms with E-state index < -0.39 is 12.0 Å². The van der Waals surface area contributed by atoms with Crippen molar-refractivity contribution in [2.24, 2.45) is 4.99 Å². The van der Waals surface area contributed by atoms with Crippen LogP contribution in [-0.4, -0.2) is 29.7 Å². The smallest absolute Gasteiger partial charge is 0.338 e. The number of halogens is 2. The van der Waals surface area contributed by atoms with Gasteiger partial charge in [0.2, 0.25) is 5.88 Å². The highest BCUT2D eigenvalue weighted by molar-refractivity contribution is 9.10. The normalized spacial score (nSPS) is 18.3. The van der Waals surface area contributed by atoms with Gasteiger partial charge in [0.05, 0.1) is 32.4 Å². The number of carbonyl (C=O) groups excluding carboxylic acids is 1. The second-order valence-electron chi connectivity index (χ2n) is 9.44. The van der Waals surface area contributed by atoms with Crippen molar-refractivity contribution in [1.82, 2.24) is 4.57 Å². The van der Waals surface area contributed by atoms with Crippen molar-refractivity contribution in [1.29, 1.82) is 0 Å². The van der Waals surface area contributed by atoms with Crippen LogP contribution in [0.2, 0.25) is 5.02 Å². The van der Waals surface area contributed by atoms with Crippen LogP contribution in [0.5, 0.6) is 0 Å². The lowest BCUT2D eigenvalue weighted by Gasteiger charge is -2.26. The van der Waals surface area contributed by atoms with Gasteiger partial charge in [-0.25, -0.2) is 9.79 Å². The number of fused-ring (bicyclic) bond motifs is 1. The Morgan fingerprint density at radius 3 is 2.62 bits per heavy atom. The fraction of sp³-hybridized carbons (Fsp3) is 0.370. The lowest BCUT2D eigenvalue weighted by atomic mass is 9.96. The number of rotatable bonds is 5. The molecule has 0 unspecified atom stereocenters. The molecule has 194 valence electrons. The zero-order valence-corrected chi connectivity index (χ0v) is 24.0. The van der Waals surface area contributed by atoms with Gasteiger partial charge >= 0.3 is 5.97 Å². The van der Waals surface area contributed by atoms with Crippen LogP contribution >= 0.6 is 38.9 Å². The number of nitrogens with zero attached hydrogens (tertiary/aromatic N) is 3. The highest BCUT2D eigenvalue weighted by Crippen LogP contribution is 2.33. The quantitative estimate of drug-likeness (QED) is 0.375. The number of benzene rings is 1. The van der Waals surface area contributed by atoms with Gasteiger partial charge in [-0.1, -0.05) is 35.1 Å². The van der Waals surface area contributed by atoms with Crippen molar-refractivity contribution >= 4 is 56.8 Å². The van der Waals surface area contributed by atoms with E-state index in [2.05, 4.69) is 25.8 Å². The summed E-state index contributed by atoms with van der Waals surface area (Å²) in [6.07, 6.45) is 4.92. The predicted octanol–water partition coefficient (Wildman–Crippen LogP) is 5.19. The molecule has 1 aromatic carbocycles. The first-order chi connectivity index (χ1) is 17.7. The van der Waals surface area contributed by atoms with Crippen LogP contribution in [0.25, 0.3) is 6.08 Å². The van der Waals surface area contributed by atoms with E-state index in [1.165, 1.54) is 17.8 Å². The highest BCUT2D eigenvalue weighted by atomic mass is 79.9. The minimum Gasteiger partial charge on any atom is -0.459 e. The van der Waals surface area contributed by atoms with Crippen LogP contribution in [0.3, 0.4) is 0 Å². The molecule has 3 aromatic rings. The first kappa shape index (κ1) is 26.0. The molecule has 2 aliphatic heterocycles. The van der Waals surface area contributed by atoms with Crippen molar-refractivity contribution in [2.45, 2.75) is 52.2 Å². The Morgan fingerprint density at radius 2 is 1.95 bits per heavy atom.